The van der Waals surface area contributed by atoms with Crippen molar-refractivity contribution in [3.63, 3.8) is 0 Å². The fourth-order valence-electron chi connectivity index (χ4n) is 2.15. The Kier molecular flexibility index (Phi) is 4.01. The number of nitrogens with zero attached hydrogens (tertiary/aromatic N) is 3. The lowest BCUT2D eigenvalue weighted by atomic mass is 10.3. The van der Waals surface area contributed by atoms with Crippen molar-refractivity contribution in [2.24, 2.45) is 0 Å². The third kappa shape index (κ3) is 2.78. The van der Waals surface area contributed by atoms with Crippen LogP contribution in [0.15, 0.2) is 36.4 Å². The molecule has 0 bridgehead atoms. The van der Waals surface area contributed by atoms with Crippen molar-refractivity contribution in [1.29, 1.82) is 0 Å². The van der Waals surface area contributed by atoms with Gasteiger partial charge in [-0.25, -0.2) is 9.37 Å². The van der Waals surface area contributed by atoms with Crippen LogP contribution in [0, 0.1) is 9.39 Å². The SMILES string of the molecule is CNC(=O)C1=Cn2cncc2CN1Nc1ccc(I)cc1F. The minimum Gasteiger partial charge on any atom is -0.354 e. The molecule has 0 spiro atoms. The van der Waals surface area contributed by atoms with E-state index in [-0.39, 0.29) is 11.7 Å². The van der Waals surface area contributed by atoms with E-state index in [1.807, 2.05) is 22.6 Å². The first-order chi connectivity index (χ1) is 10.6. The van der Waals surface area contributed by atoms with Gasteiger partial charge in [-0.2, -0.15) is 0 Å². The molecule has 1 aromatic carbocycles. The second-order valence-electron chi connectivity index (χ2n) is 4.71. The van der Waals surface area contributed by atoms with Gasteiger partial charge in [0.2, 0.25) is 0 Å². The summed E-state index contributed by atoms with van der Waals surface area (Å²) >= 11 is 2.04. The Morgan fingerprint density at radius 3 is 3.00 bits per heavy atom. The number of amides is 1. The Labute approximate surface area is 140 Å². The smallest absolute Gasteiger partial charge is 0.270 e. The molecule has 0 unspecified atom stereocenters. The van der Waals surface area contributed by atoms with Gasteiger partial charge < -0.3 is 9.88 Å². The van der Waals surface area contributed by atoms with Crippen LogP contribution in [-0.4, -0.2) is 27.5 Å². The highest BCUT2D eigenvalue weighted by molar-refractivity contribution is 14.1. The average Bonchev–Trinajstić information content (AvgIpc) is 2.95. The highest BCUT2D eigenvalue weighted by Gasteiger charge is 2.24. The first-order valence-corrected chi connectivity index (χ1v) is 7.60. The maximum atomic E-state index is 14.0. The monoisotopic (exact) mass is 413 g/mol. The summed E-state index contributed by atoms with van der Waals surface area (Å²) in [7, 11) is 1.55. The first-order valence-electron chi connectivity index (χ1n) is 6.52. The van der Waals surface area contributed by atoms with Crippen LogP contribution in [0.1, 0.15) is 5.69 Å². The fraction of sp³-hybridized carbons (Fsp3) is 0.143. The molecule has 114 valence electrons. The Bertz CT molecular complexity index is 757. The summed E-state index contributed by atoms with van der Waals surface area (Å²) in [5.74, 6) is -0.639. The lowest BCUT2D eigenvalue weighted by Gasteiger charge is -2.31. The topological polar surface area (TPSA) is 62.2 Å². The quantitative estimate of drug-likeness (QED) is 0.757. The number of hydrogen-bond acceptors (Lipinski definition) is 4. The molecule has 0 radical (unpaired) electrons. The number of imidazole rings is 1. The van der Waals surface area contributed by atoms with Gasteiger partial charge in [-0.1, -0.05) is 0 Å². The van der Waals surface area contributed by atoms with Crippen molar-refractivity contribution in [3.05, 3.63) is 51.5 Å². The van der Waals surface area contributed by atoms with Gasteiger partial charge in [0.15, 0.2) is 0 Å². The van der Waals surface area contributed by atoms with Crippen molar-refractivity contribution in [1.82, 2.24) is 19.9 Å². The number of fused-ring (bicyclic) bond motifs is 1. The lowest BCUT2D eigenvalue weighted by Crippen LogP contribution is -2.39. The molecule has 0 saturated heterocycles. The van der Waals surface area contributed by atoms with Crippen LogP contribution in [0.25, 0.3) is 6.20 Å². The lowest BCUT2D eigenvalue weighted by molar-refractivity contribution is -0.118. The molecule has 1 amide bonds. The van der Waals surface area contributed by atoms with Gasteiger partial charge in [0.05, 0.1) is 30.5 Å². The number of hydrazine groups is 1. The molecule has 0 atom stereocenters. The van der Waals surface area contributed by atoms with Crippen LogP contribution in [0.2, 0.25) is 0 Å². The molecular formula is C14H13FIN5O. The van der Waals surface area contributed by atoms with Crippen molar-refractivity contribution < 1.29 is 9.18 Å². The summed E-state index contributed by atoms with van der Waals surface area (Å²) in [5, 5.41) is 4.18. The normalized spacial score (nSPS) is 13.4. The average molecular weight is 413 g/mol. The van der Waals surface area contributed by atoms with Crippen molar-refractivity contribution in [2.45, 2.75) is 6.54 Å². The van der Waals surface area contributed by atoms with Crippen LogP contribution in [-0.2, 0) is 11.3 Å². The summed E-state index contributed by atoms with van der Waals surface area (Å²) in [6, 6.07) is 4.87. The van der Waals surface area contributed by atoms with Crippen LogP contribution < -0.4 is 10.7 Å². The van der Waals surface area contributed by atoms with Crippen LogP contribution in [0.4, 0.5) is 10.1 Å². The Morgan fingerprint density at radius 2 is 2.27 bits per heavy atom. The van der Waals surface area contributed by atoms with Crippen LogP contribution >= 0.6 is 22.6 Å². The van der Waals surface area contributed by atoms with E-state index < -0.39 is 0 Å². The second kappa shape index (κ2) is 5.95. The zero-order valence-corrected chi connectivity index (χ0v) is 13.8. The van der Waals surface area contributed by atoms with E-state index in [1.54, 1.807) is 47.5 Å². The molecule has 1 aliphatic rings. The maximum Gasteiger partial charge on any atom is 0.270 e. The molecule has 6 nitrogen and oxygen atoms in total. The number of halogens is 2. The van der Waals surface area contributed by atoms with E-state index in [1.165, 1.54) is 6.07 Å². The molecule has 2 N–H and O–H groups in total. The minimum absolute atomic E-state index is 0.266. The van der Waals surface area contributed by atoms with Gasteiger partial charge in [-0.15, -0.1) is 0 Å². The zero-order chi connectivity index (χ0) is 15.7. The standard InChI is InChI=1S/C14H13FIN5O/c1-17-14(22)13-7-20-8-18-5-10(20)6-21(13)19-12-3-2-9(16)4-11(12)15/h2-5,7-8,19H,6H2,1H3,(H,17,22). The first kappa shape index (κ1) is 14.8. The summed E-state index contributed by atoms with van der Waals surface area (Å²) in [6.07, 6.45) is 4.99. The number of anilines is 1. The Morgan fingerprint density at radius 1 is 1.45 bits per heavy atom. The molecule has 1 aliphatic heterocycles. The van der Waals surface area contributed by atoms with E-state index in [2.05, 4.69) is 15.7 Å². The van der Waals surface area contributed by atoms with Crippen LogP contribution in [0.5, 0.6) is 0 Å². The summed E-state index contributed by atoms with van der Waals surface area (Å²) in [6.45, 7) is 0.394. The predicted molar refractivity (Wildman–Crippen MR) is 88.8 cm³/mol. The number of aromatic nitrogens is 2. The van der Waals surface area contributed by atoms with E-state index in [4.69, 9.17) is 0 Å². The van der Waals surface area contributed by atoms with Crippen LogP contribution in [0.3, 0.4) is 0 Å². The van der Waals surface area contributed by atoms with Gasteiger partial charge >= 0.3 is 0 Å². The molecule has 0 fully saturated rings. The van der Waals surface area contributed by atoms with E-state index in [9.17, 15) is 9.18 Å². The number of likely N-dealkylation sites (N-methyl/N-ethyl adjacent to an activating group) is 1. The molecule has 1 aromatic heterocycles. The number of hydrogen-bond donors (Lipinski definition) is 2. The second-order valence-corrected chi connectivity index (χ2v) is 5.95. The molecule has 22 heavy (non-hydrogen) atoms. The van der Waals surface area contributed by atoms with Crippen molar-refractivity contribution in [3.8, 4) is 0 Å². The number of rotatable bonds is 3. The maximum absolute atomic E-state index is 14.0. The van der Waals surface area contributed by atoms with Gasteiger partial charge in [-0.3, -0.25) is 15.2 Å². The minimum atomic E-state index is -0.373. The molecule has 0 saturated carbocycles. The number of nitrogens with one attached hydrogen (secondary N) is 2. The van der Waals surface area contributed by atoms with E-state index >= 15 is 0 Å². The molecule has 0 aliphatic carbocycles. The third-order valence-electron chi connectivity index (χ3n) is 3.26. The van der Waals surface area contributed by atoms with Crippen molar-refractivity contribution in [2.75, 3.05) is 12.5 Å². The largest absolute Gasteiger partial charge is 0.354 e. The highest BCUT2D eigenvalue weighted by atomic mass is 127. The third-order valence-corrected chi connectivity index (χ3v) is 3.94. The van der Waals surface area contributed by atoms with Gasteiger partial charge in [0.1, 0.15) is 11.5 Å². The molecule has 3 rings (SSSR count). The predicted octanol–water partition coefficient (Wildman–Crippen LogP) is 2.01. The fourth-order valence-corrected chi connectivity index (χ4v) is 2.61. The molecule has 2 heterocycles. The number of carbonyl (C=O) groups is 1. The van der Waals surface area contributed by atoms with E-state index in [0.717, 1.165) is 9.26 Å². The number of benzene rings is 1. The Balaban J connectivity index is 1.93. The van der Waals surface area contributed by atoms with Crippen molar-refractivity contribution >= 4 is 40.4 Å². The highest BCUT2D eigenvalue weighted by Crippen LogP contribution is 2.23. The summed E-state index contributed by atoms with van der Waals surface area (Å²) in [5.41, 5.74) is 4.54. The zero-order valence-electron chi connectivity index (χ0n) is 11.7. The summed E-state index contributed by atoms with van der Waals surface area (Å²) < 4.78 is 16.6. The summed E-state index contributed by atoms with van der Waals surface area (Å²) in [4.78, 5) is 16.1. The Hall–Kier alpha value is -2.10. The molecule has 8 heteroatoms. The number of carbonyl (C=O) groups excluding carboxylic acids is 1. The van der Waals surface area contributed by atoms with Gasteiger partial charge in [0.25, 0.3) is 5.91 Å². The molecular weight excluding hydrogens is 400 g/mol. The van der Waals surface area contributed by atoms with Gasteiger partial charge in [-0.05, 0) is 40.8 Å². The van der Waals surface area contributed by atoms with E-state index in [0.29, 0.717) is 17.9 Å². The van der Waals surface area contributed by atoms with Gasteiger partial charge in [0, 0.05) is 16.8 Å². The molecule has 2 aromatic rings.